The normalized spacial score (nSPS) is 11.6. The van der Waals surface area contributed by atoms with E-state index in [9.17, 15) is 22.0 Å². The summed E-state index contributed by atoms with van der Waals surface area (Å²) in [4.78, 5) is 15.0. The number of nitrogens with one attached hydrogen (secondary N) is 1. The maximum Gasteiger partial charge on any atom is 0.341 e. The Bertz CT molecular complexity index is 772. The number of alkyl halides is 2. The smallest absolute Gasteiger partial charge is 0.306 e. The number of hydrogen-bond acceptors (Lipinski definition) is 5. The van der Waals surface area contributed by atoms with Gasteiger partial charge in [-0.15, -0.1) is 11.3 Å². The van der Waals surface area contributed by atoms with E-state index in [1.54, 1.807) is 19.1 Å². The summed E-state index contributed by atoms with van der Waals surface area (Å²) in [5.74, 6) is -4.11. The van der Waals surface area contributed by atoms with Gasteiger partial charge in [-0.25, -0.2) is 13.4 Å². The van der Waals surface area contributed by atoms with Gasteiger partial charge in [0, 0.05) is 6.20 Å². The van der Waals surface area contributed by atoms with Crippen LogP contribution in [0.2, 0.25) is 0 Å². The fourth-order valence-corrected chi connectivity index (χ4v) is 3.63. The number of thiophene rings is 1. The van der Waals surface area contributed by atoms with Crippen LogP contribution in [-0.2, 0) is 9.84 Å². The molecule has 21 heavy (non-hydrogen) atoms. The number of aromatic nitrogens is 1. The zero-order valence-corrected chi connectivity index (χ0v) is 12.3. The van der Waals surface area contributed by atoms with Crippen LogP contribution in [0.3, 0.4) is 0 Å². The molecule has 2 heterocycles. The second-order valence-electron chi connectivity index (χ2n) is 4.04. The zero-order chi connectivity index (χ0) is 15.6. The molecule has 0 aliphatic heterocycles. The summed E-state index contributed by atoms with van der Waals surface area (Å²) in [5, 5.41) is 3.69. The summed E-state index contributed by atoms with van der Waals surface area (Å²) in [6, 6.07) is 4.36. The quantitative estimate of drug-likeness (QED) is 0.934. The van der Waals surface area contributed by atoms with Gasteiger partial charge in [0.15, 0.2) is 0 Å². The lowest BCUT2D eigenvalue weighted by Crippen LogP contribution is -2.18. The van der Waals surface area contributed by atoms with Gasteiger partial charge < -0.3 is 5.32 Å². The summed E-state index contributed by atoms with van der Waals surface area (Å²) in [6.45, 7) is 1.70. The monoisotopic (exact) mass is 332 g/mol. The third kappa shape index (κ3) is 3.08. The fourth-order valence-electron chi connectivity index (χ4n) is 1.56. The Labute approximate surface area is 123 Å². The van der Waals surface area contributed by atoms with Crippen LogP contribution in [0.15, 0.2) is 34.7 Å². The van der Waals surface area contributed by atoms with Crippen LogP contribution in [-0.4, -0.2) is 25.1 Å². The average Bonchev–Trinajstić information content (AvgIpc) is 2.91. The number of amides is 1. The van der Waals surface area contributed by atoms with Crippen LogP contribution in [0, 0.1) is 6.92 Å². The molecule has 0 radical (unpaired) electrons. The van der Waals surface area contributed by atoms with E-state index >= 15 is 0 Å². The highest BCUT2D eigenvalue weighted by atomic mass is 32.2. The molecule has 0 aliphatic rings. The minimum Gasteiger partial charge on any atom is -0.306 e. The predicted octanol–water partition coefficient (Wildman–Crippen LogP) is 2.70. The molecular formula is C12H10F2N2O3S2. The summed E-state index contributed by atoms with van der Waals surface area (Å²) in [6.07, 6.45) is 1.45. The van der Waals surface area contributed by atoms with Crippen LogP contribution in [0.25, 0.3) is 0 Å². The van der Waals surface area contributed by atoms with Crippen molar-refractivity contribution in [2.24, 2.45) is 0 Å². The molecule has 0 bridgehead atoms. The zero-order valence-electron chi connectivity index (χ0n) is 10.7. The van der Waals surface area contributed by atoms with Gasteiger partial charge >= 0.3 is 5.76 Å². The highest BCUT2D eigenvalue weighted by Gasteiger charge is 2.32. The SMILES string of the molecule is Cc1cccnc1NC(=O)c1sccc1S(=O)(=O)C(F)F. The molecule has 2 aromatic rings. The predicted molar refractivity (Wildman–Crippen MR) is 74.4 cm³/mol. The molecule has 0 unspecified atom stereocenters. The van der Waals surface area contributed by atoms with Gasteiger partial charge in [0.1, 0.15) is 10.7 Å². The number of pyridine rings is 1. The largest absolute Gasteiger partial charge is 0.341 e. The minimum absolute atomic E-state index is 0.247. The van der Waals surface area contributed by atoms with E-state index in [0.29, 0.717) is 5.56 Å². The summed E-state index contributed by atoms with van der Waals surface area (Å²) in [7, 11) is -4.82. The van der Waals surface area contributed by atoms with Crippen molar-refractivity contribution in [3.05, 3.63) is 40.2 Å². The lowest BCUT2D eigenvalue weighted by molar-refractivity contribution is 0.102. The molecule has 0 spiro atoms. The molecule has 0 saturated heterocycles. The Balaban J connectivity index is 2.35. The van der Waals surface area contributed by atoms with Crippen molar-refractivity contribution in [1.29, 1.82) is 0 Å². The Kier molecular flexibility index (Phi) is 4.33. The fraction of sp³-hybridized carbons (Fsp3) is 0.167. The first-order valence-corrected chi connectivity index (χ1v) is 8.09. The molecule has 0 saturated carbocycles. The van der Waals surface area contributed by atoms with Gasteiger partial charge in [0.2, 0.25) is 9.84 Å². The number of halogens is 2. The van der Waals surface area contributed by atoms with Crippen molar-refractivity contribution in [1.82, 2.24) is 4.98 Å². The van der Waals surface area contributed by atoms with Crippen molar-refractivity contribution in [3.8, 4) is 0 Å². The third-order valence-corrected chi connectivity index (χ3v) is 5.08. The molecule has 0 atom stereocenters. The lowest BCUT2D eigenvalue weighted by atomic mass is 10.3. The van der Waals surface area contributed by atoms with Gasteiger partial charge in [0.25, 0.3) is 5.91 Å². The average molecular weight is 332 g/mol. The molecule has 0 aromatic carbocycles. The van der Waals surface area contributed by atoms with Crippen LogP contribution in [0.1, 0.15) is 15.2 Å². The van der Waals surface area contributed by atoms with Gasteiger partial charge in [-0.05, 0) is 30.0 Å². The van der Waals surface area contributed by atoms with Crippen molar-refractivity contribution >= 4 is 32.9 Å². The molecule has 1 N–H and O–H groups in total. The maximum absolute atomic E-state index is 12.6. The topological polar surface area (TPSA) is 76.1 Å². The number of anilines is 1. The van der Waals surface area contributed by atoms with E-state index in [-0.39, 0.29) is 10.7 Å². The van der Waals surface area contributed by atoms with E-state index < -0.39 is 26.4 Å². The van der Waals surface area contributed by atoms with Crippen molar-refractivity contribution in [2.75, 3.05) is 5.32 Å². The molecule has 0 fully saturated rings. The summed E-state index contributed by atoms with van der Waals surface area (Å²) >= 11 is 0.775. The Hall–Kier alpha value is -1.87. The van der Waals surface area contributed by atoms with Gasteiger partial charge in [-0.1, -0.05) is 6.07 Å². The number of aryl methyl sites for hydroxylation is 1. The van der Waals surface area contributed by atoms with Crippen molar-refractivity contribution in [2.45, 2.75) is 17.6 Å². The standard InChI is InChI=1S/C12H10F2N2O3S2/c1-7-3-2-5-15-10(7)16-11(17)9-8(4-6-20-9)21(18,19)12(13)14/h2-6,12H,1H3,(H,15,16,17). The van der Waals surface area contributed by atoms with E-state index in [2.05, 4.69) is 10.3 Å². The third-order valence-electron chi connectivity index (χ3n) is 2.62. The minimum atomic E-state index is -4.82. The van der Waals surface area contributed by atoms with E-state index in [0.717, 1.165) is 17.4 Å². The number of nitrogens with zero attached hydrogens (tertiary/aromatic N) is 1. The second-order valence-corrected chi connectivity index (χ2v) is 6.84. The van der Waals surface area contributed by atoms with Crippen LogP contribution < -0.4 is 5.32 Å². The second kappa shape index (κ2) is 5.86. The Morgan fingerprint density at radius 3 is 2.71 bits per heavy atom. The first kappa shape index (κ1) is 15.5. The Morgan fingerprint density at radius 2 is 2.10 bits per heavy atom. The molecule has 112 valence electrons. The van der Waals surface area contributed by atoms with E-state index in [4.69, 9.17) is 0 Å². The number of hydrogen-bond donors (Lipinski definition) is 1. The van der Waals surface area contributed by atoms with E-state index in [1.165, 1.54) is 11.6 Å². The number of carbonyl (C=O) groups is 1. The first-order chi connectivity index (χ1) is 9.84. The molecule has 9 heteroatoms. The van der Waals surface area contributed by atoms with Crippen LogP contribution in [0.4, 0.5) is 14.6 Å². The number of sulfone groups is 1. The summed E-state index contributed by atoms with van der Waals surface area (Å²) in [5.41, 5.74) is 0.667. The lowest BCUT2D eigenvalue weighted by Gasteiger charge is -2.07. The molecule has 2 rings (SSSR count). The molecule has 1 amide bonds. The Morgan fingerprint density at radius 1 is 1.38 bits per heavy atom. The highest BCUT2D eigenvalue weighted by Crippen LogP contribution is 2.27. The maximum atomic E-state index is 12.6. The van der Waals surface area contributed by atoms with Crippen molar-refractivity contribution in [3.63, 3.8) is 0 Å². The number of carbonyl (C=O) groups excluding carboxylic acids is 1. The van der Waals surface area contributed by atoms with Crippen molar-refractivity contribution < 1.29 is 22.0 Å². The van der Waals surface area contributed by atoms with Gasteiger partial charge in [0.05, 0.1) is 4.90 Å². The van der Waals surface area contributed by atoms with Crippen LogP contribution in [0.5, 0.6) is 0 Å². The first-order valence-electron chi connectivity index (χ1n) is 5.66. The van der Waals surface area contributed by atoms with Gasteiger partial charge in [-0.2, -0.15) is 8.78 Å². The highest BCUT2D eigenvalue weighted by molar-refractivity contribution is 7.92. The van der Waals surface area contributed by atoms with Crippen LogP contribution >= 0.6 is 11.3 Å². The summed E-state index contributed by atoms with van der Waals surface area (Å²) < 4.78 is 48.2. The van der Waals surface area contributed by atoms with E-state index in [1.807, 2.05) is 0 Å². The van der Waals surface area contributed by atoms with Gasteiger partial charge in [-0.3, -0.25) is 4.79 Å². The molecule has 0 aliphatic carbocycles. The molecular weight excluding hydrogens is 322 g/mol. The molecule has 2 aromatic heterocycles. The molecule has 5 nitrogen and oxygen atoms in total. The number of rotatable bonds is 4.